The zero-order valence-corrected chi connectivity index (χ0v) is 14.1. The van der Waals surface area contributed by atoms with Crippen LogP contribution in [0.4, 0.5) is 5.69 Å². The Labute approximate surface area is 136 Å². The van der Waals surface area contributed by atoms with Crippen LogP contribution in [0.2, 0.25) is 0 Å². The standard InChI is InChI=1S/C18H25N3O2/c1-18(2,3)17-21-14-10-12(7-8-15(14)23-17)20-16(22)9-11-5-4-6-13(11)19/h7-8,10-11,13H,4-6,9,19H2,1-3H3,(H,20,22)/t11-,13+/m0/s1. The van der Waals surface area contributed by atoms with Gasteiger partial charge in [-0.1, -0.05) is 27.2 Å². The Morgan fingerprint density at radius 3 is 2.83 bits per heavy atom. The lowest BCUT2D eigenvalue weighted by atomic mass is 9.97. The van der Waals surface area contributed by atoms with Crippen molar-refractivity contribution in [1.29, 1.82) is 0 Å². The normalized spacial score (nSPS) is 21.7. The van der Waals surface area contributed by atoms with E-state index in [4.69, 9.17) is 10.2 Å². The largest absolute Gasteiger partial charge is 0.440 e. The first-order valence-corrected chi connectivity index (χ1v) is 8.29. The van der Waals surface area contributed by atoms with Gasteiger partial charge in [-0.25, -0.2) is 4.98 Å². The monoisotopic (exact) mass is 315 g/mol. The summed E-state index contributed by atoms with van der Waals surface area (Å²) >= 11 is 0. The van der Waals surface area contributed by atoms with Crippen LogP contribution in [0.15, 0.2) is 22.6 Å². The average molecular weight is 315 g/mol. The molecule has 1 aliphatic carbocycles. The SMILES string of the molecule is CC(C)(C)c1nc2cc(NC(=O)C[C@@H]3CCC[C@H]3N)ccc2o1. The number of nitrogens with one attached hydrogen (secondary N) is 1. The van der Waals surface area contributed by atoms with Gasteiger partial charge in [-0.3, -0.25) is 4.79 Å². The van der Waals surface area contributed by atoms with E-state index in [-0.39, 0.29) is 17.4 Å². The van der Waals surface area contributed by atoms with Gasteiger partial charge in [0.05, 0.1) is 0 Å². The number of benzene rings is 1. The number of carbonyl (C=O) groups excluding carboxylic acids is 1. The van der Waals surface area contributed by atoms with Crippen molar-refractivity contribution in [3.63, 3.8) is 0 Å². The lowest BCUT2D eigenvalue weighted by molar-refractivity contribution is -0.117. The van der Waals surface area contributed by atoms with Crippen molar-refractivity contribution in [2.24, 2.45) is 11.7 Å². The number of nitrogens with zero attached hydrogens (tertiary/aromatic N) is 1. The summed E-state index contributed by atoms with van der Waals surface area (Å²) in [5.41, 5.74) is 8.16. The Balaban J connectivity index is 1.71. The van der Waals surface area contributed by atoms with Gasteiger partial charge >= 0.3 is 0 Å². The van der Waals surface area contributed by atoms with E-state index in [0.717, 1.165) is 36.0 Å². The fourth-order valence-corrected chi connectivity index (χ4v) is 3.10. The van der Waals surface area contributed by atoms with E-state index in [9.17, 15) is 4.79 Å². The van der Waals surface area contributed by atoms with Crippen LogP contribution < -0.4 is 11.1 Å². The summed E-state index contributed by atoms with van der Waals surface area (Å²) in [6, 6.07) is 5.73. The van der Waals surface area contributed by atoms with Crippen LogP contribution >= 0.6 is 0 Å². The predicted octanol–water partition coefficient (Wildman–Crippen LogP) is 3.58. The summed E-state index contributed by atoms with van der Waals surface area (Å²) in [5.74, 6) is 1.03. The molecule has 0 unspecified atom stereocenters. The van der Waals surface area contributed by atoms with Gasteiger partial charge in [0.15, 0.2) is 5.58 Å². The number of amides is 1. The second-order valence-electron chi connectivity index (χ2n) is 7.56. The van der Waals surface area contributed by atoms with E-state index in [2.05, 4.69) is 31.1 Å². The van der Waals surface area contributed by atoms with Crippen molar-refractivity contribution in [3.05, 3.63) is 24.1 Å². The molecule has 0 aliphatic heterocycles. The van der Waals surface area contributed by atoms with E-state index >= 15 is 0 Å². The molecule has 1 saturated carbocycles. The van der Waals surface area contributed by atoms with Crippen LogP contribution in [0, 0.1) is 5.92 Å². The molecule has 1 amide bonds. The Kier molecular flexibility index (Phi) is 4.15. The Morgan fingerprint density at radius 1 is 1.39 bits per heavy atom. The molecular formula is C18H25N3O2. The van der Waals surface area contributed by atoms with Crippen molar-refractivity contribution in [1.82, 2.24) is 4.98 Å². The van der Waals surface area contributed by atoms with Gasteiger partial charge in [-0.05, 0) is 37.0 Å². The highest BCUT2D eigenvalue weighted by molar-refractivity contribution is 5.93. The predicted molar refractivity (Wildman–Crippen MR) is 91.3 cm³/mol. The first-order valence-electron chi connectivity index (χ1n) is 8.29. The van der Waals surface area contributed by atoms with Gasteiger partial charge in [0.2, 0.25) is 11.8 Å². The molecular weight excluding hydrogens is 290 g/mol. The molecule has 3 rings (SSSR count). The van der Waals surface area contributed by atoms with Crippen molar-refractivity contribution in [2.45, 2.75) is 57.9 Å². The molecule has 1 aromatic heterocycles. The van der Waals surface area contributed by atoms with Gasteiger partial charge in [0.1, 0.15) is 5.52 Å². The van der Waals surface area contributed by atoms with Crippen LogP contribution in [0.1, 0.15) is 52.3 Å². The first kappa shape index (κ1) is 16.0. The van der Waals surface area contributed by atoms with E-state index in [1.807, 2.05) is 18.2 Å². The summed E-state index contributed by atoms with van der Waals surface area (Å²) in [6.07, 6.45) is 3.69. The van der Waals surface area contributed by atoms with Crippen LogP contribution in [0.5, 0.6) is 0 Å². The molecule has 1 aromatic carbocycles. The quantitative estimate of drug-likeness (QED) is 0.907. The molecule has 0 spiro atoms. The highest BCUT2D eigenvalue weighted by Gasteiger charge is 2.26. The molecule has 5 heteroatoms. The number of fused-ring (bicyclic) bond motifs is 1. The molecule has 0 radical (unpaired) electrons. The maximum absolute atomic E-state index is 12.2. The van der Waals surface area contributed by atoms with Crippen molar-refractivity contribution in [3.8, 4) is 0 Å². The third kappa shape index (κ3) is 3.55. The van der Waals surface area contributed by atoms with E-state index < -0.39 is 0 Å². The third-order valence-electron chi connectivity index (χ3n) is 4.48. The van der Waals surface area contributed by atoms with Gasteiger partial charge in [0.25, 0.3) is 0 Å². The Hall–Kier alpha value is -1.88. The van der Waals surface area contributed by atoms with Crippen LogP contribution in [0.3, 0.4) is 0 Å². The topological polar surface area (TPSA) is 81.2 Å². The second-order valence-corrected chi connectivity index (χ2v) is 7.56. The molecule has 1 heterocycles. The smallest absolute Gasteiger partial charge is 0.224 e. The number of oxazole rings is 1. The first-order chi connectivity index (χ1) is 10.8. The van der Waals surface area contributed by atoms with Crippen molar-refractivity contribution >= 4 is 22.7 Å². The van der Waals surface area contributed by atoms with Crippen molar-refractivity contribution < 1.29 is 9.21 Å². The molecule has 3 N–H and O–H groups in total. The average Bonchev–Trinajstić information content (AvgIpc) is 3.05. The maximum Gasteiger partial charge on any atom is 0.224 e. The zero-order valence-electron chi connectivity index (χ0n) is 14.1. The Bertz CT molecular complexity index is 715. The molecule has 2 atom stereocenters. The van der Waals surface area contributed by atoms with Crippen LogP contribution in [-0.2, 0) is 10.2 Å². The van der Waals surface area contributed by atoms with Crippen molar-refractivity contribution in [2.75, 3.05) is 5.32 Å². The fourth-order valence-electron chi connectivity index (χ4n) is 3.10. The van der Waals surface area contributed by atoms with Gasteiger partial charge in [-0.2, -0.15) is 0 Å². The molecule has 2 aromatic rings. The Morgan fingerprint density at radius 2 is 2.17 bits per heavy atom. The van der Waals surface area contributed by atoms with Gasteiger partial charge < -0.3 is 15.5 Å². The fraction of sp³-hybridized carbons (Fsp3) is 0.556. The molecule has 124 valence electrons. The lowest BCUT2D eigenvalue weighted by Gasteiger charge is -2.14. The van der Waals surface area contributed by atoms with E-state index in [0.29, 0.717) is 18.2 Å². The maximum atomic E-state index is 12.2. The molecule has 0 saturated heterocycles. The molecule has 1 aliphatic rings. The number of carbonyl (C=O) groups is 1. The van der Waals surface area contributed by atoms with Gasteiger partial charge in [0, 0.05) is 23.6 Å². The minimum atomic E-state index is -0.138. The molecule has 5 nitrogen and oxygen atoms in total. The van der Waals surface area contributed by atoms with E-state index in [1.54, 1.807) is 0 Å². The zero-order chi connectivity index (χ0) is 16.6. The molecule has 1 fully saturated rings. The molecule has 0 bridgehead atoms. The highest BCUT2D eigenvalue weighted by Crippen LogP contribution is 2.29. The van der Waals surface area contributed by atoms with E-state index in [1.165, 1.54) is 0 Å². The minimum Gasteiger partial charge on any atom is -0.440 e. The number of nitrogens with two attached hydrogens (primary N) is 1. The second kappa shape index (κ2) is 5.96. The van der Waals surface area contributed by atoms with Gasteiger partial charge in [-0.15, -0.1) is 0 Å². The minimum absolute atomic E-state index is 0.0197. The number of hydrogen-bond donors (Lipinski definition) is 2. The summed E-state index contributed by atoms with van der Waals surface area (Å²) in [6.45, 7) is 6.18. The summed E-state index contributed by atoms with van der Waals surface area (Å²) in [4.78, 5) is 16.7. The molecule has 23 heavy (non-hydrogen) atoms. The number of aromatic nitrogens is 1. The van der Waals surface area contributed by atoms with Crippen LogP contribution in [-0.4, -0.2) is 16.9 Å². The summed E-state index contributed by atoms with van der Waals surface area (Å²) < 4.78 is 5.77. The third-order valence-corrected chi connectivity index (χ3v) is 4.48. The van der Waals surface area contributed by atoms with Crippen LogP contribution in [0.25, 0.3) is 11.1 Å². The highest BCUT2D eigenvalue weighted by atomic mass is 16.3. The summed E-state index contributed by atoms with van der Waals surface area (Å²) in [7, 11) is 0. The summed E-state index contributed by atoms with van der Waals surface area (Å²) in [5, 5.41) is 2.95. The number of rotatable bonds is 3. The number of anilines is 1. The number of hydrogen-bond acceptors (Lipinski definition) is 4. The lowest BCUT2D eigenvalue weighted by Crippen LogP contribution is -2.28.